The van der Waals surface area contributed by atoms with Gasteiger partial charge in [-0.1, -0.05) is 24.6 Å². The van der Waals surface area contributed by atoms with Gasteiger partial charge in [-0.3, -0.25) is 9.69 Å². The first-order valence-corrected chi connectivity index (χ1v) is 9.21. The van der Waals surface area contributed by atoms with Gasteiger partial charge < -0.3 is 9.47 Å². The van der Waals surface area contributed by atoms with Crippen molar-refractivity contribution >= 4 is 17.7 Å². The molecule has 0 aromatic carbocycles. The van der Waals surface area contributed by atoms with Crippen molar-refractivity contribution in [2.45, 2.75) is 43.3 Å². The number of aryl methyl sites for hydroxylation is 1. The average molecular weight is 323 g/mol. The van der Waals surface area contributed by atoms with Crippen LogP contribution in [0, 0.1) is 0 Å². The molecule has 2 aliphatic rings. The predicted molar refractivity (Wildman–Crippen MR) is 86.8 cm³/mol. The van der Waals surface area contributed by atoms with Crippen LogP contribution in [0.5, 0.6) is 0 Å². The normalized spacial score (nSPS) is 21.2. The lowest BCUT2D eigenvalue weighted by atomic mass is 10.2. The van der Waals surface area contributed by atoms with E-state index in [9.17, 15) is 4.79 Å². The van der Waals surface area contributed by atoms with Gasteiger partial charge in [0.05, 0.1) is 5.75 Å². The van der Waals surface area contributed by atoms with Crippen LogP contribution in [-0.2, 0) is 11.8 Å². The molecule has 2 fully saturated rings. The number of carbonyl (C=O) groups excluding carboxylic acids is 1. The van der Waals surface area contributed by atoms with Crippen LogP contribution in [0.2, 0.25) is 0 Å². The number of hydrogen-bond donors (Lipinski definition) is 0. The maximum atomic E-state index is 12.4. The van der Waals surface area contributed by atoms with Crippen LogP contribution in [0.3, 0.4) is 0 Å². The Bertz CT molecular complexity index is 500. The zero-order valence-corrected chi connectivity index (χ0v) is 14.1. The average Bonchev–Trinajstić information content (AvgIpc) is 3.12. The Morgan fingerprint density at radius 1 is 1.23 bits per heavy atom. The predicted octanol–water partition coefficient (Wildman–Crippen LogP) is 1.38. The van der Waals surface area contributed by atoms with E-state index in [0.29, 0.717) is 5.75 Å². The molecule has 1 saturated carbocycles. The van der Waals surface area contributed by atoms with Crippen LogP contribution >= 0.6 is 11.8 Å². The molecule has 0 unspecified atom stereocenters. The van der Waals surface area contributed by atoms with Crippen molar-refractivity contribution in [3.05, 3.63) is 6.33 Å². The van der Waals surface area contributed by atoms with Crippen molar-refractivity contribution in [3.8, 4) is 0 Å². The van der Waals surface area contributed by atoms with Gasteiger partial charge in [0, 0.05) is 39.3 Å². The third-order valence-corrected chi connectivity index (χ3v) is 5.74. The molecule has 2 heterocycles. The summed E-state index contributed by atoms with van der Waals surface area (Å²) in [5, 5.41) is 8.66. The Hall–Kier alpha value is -1.08. The second-order valence-electron chi connectivity index (χ2n) is 6.22. The molecule has 1 aliphatic heterocycles. The highest BCUT2D eigenvalue weighted by molar-refractivity contribution is 7.99. The molecule has 0 bridgehead atoms. The summed E-state index contributed by atoms with van der Waals surface area (Å²) in [6.07, 6.45) is 8.19. The minimum Gasteiger partial charge on any atom is -0.341 e. The topological polar surface area (TPSA) is 54.3 Å². The molecule has 1 aromatic rings. The summed E-state index contributed by atoms with van der Waals surface area (Å²) in [6.45, 7) is 3.94. The van der Waals surface area contributed by atoms with Gasteiger partial charge in [0.1, 0.15) is 6.33 Å². The number of hydrogen-bond acceptors (Lipinski definition) is 5. The number of aromatic nitrogens is 3. The molecule has 22 heavy (non-hydrogen) atoms. The lowest BCUT2D eigenvalue weighted by Crippen LogP contribution is -2.39. The Morgan fingerprint density at radius 2 is 2.05 bits per heavy atom. The molecular weight excluding hydrogens is 298 g/mol. The standard InChI is InChI=1S/C15H25N5OS/c1-18-12-16-17-15(18)22-11-14(21)20-8-4-7-19(9-10-20)13-5-2-3-6-13/h12-13H,2-11H2,1H3. The number of amides is 1. The van der Waals surface area contributed by atoms with E-state index in [4.69, 9.17) is 0 Å². The molecule has 0 atom stereocenters. The van der Waals surface area contributed by atoms with E-state index in [-0.39, 0.29) is 5.91 Å². The number of nitrogens with zero attached hydrogens (tertiary/aromatic N) is 5. The van der Waals surface area contributed by atoms with Gasteiger partial charge in [-0.25, -0.2) is 0 Å². The zero-order chi connectivity index (χ0) is 15.4. The molecule has 6 nitrogen and oxygen atoms in total. The maximum Gasteiger partial charge on any atom is 0.233 e. The summed E-state index contributed by atoms with van der Waals surface area (Å²) in [5.41, 5.74) is 0. The highest BCUT2D eigenvalue weighted by Crippen LogP contribution is 2.24. The Balaban J connectivity index is 1.47. The first kappa shape index (κ1) is 15.8. The van der Waals surface area contributed by atoms with Crippen LogP contribution in [-0.4, -0.2) is 68.4 Å². The summed E-state index contributed by atoms with van der Waals surface area (Å²) >= 11 is 1.47. The van der Waals surface area contributed by atoms with Gasteiger partial charge in [-0.15, -0.1) is 10.2 Å². The van der Waals surface area contributed by atoms with Gasteiger partial charge in [0.15, 0.2) is 5.16 Å². The SMILES string of the molecule is Cn1cnnc1SCC(=O)N1CCCN(C2CCCC2)CC1. The van der Waals surface area contributed by atoms with Gasteiger partial charge in [-0.05, 0) is 19.3 Å². The zero-order valence-electron chi connectivity index (χ0n) is 13.3. The molecule has 1 saturated heterocycles. The lowest BCUT2D eigenvalue weighted by molar-refractivity contribution is -0.128. The summed E-state index contributed by atoms with van der Waals surface area (Å²) < 4.78 is 1.85. The fraction of sp³-hybridized carbons (Fsp3) is 0.800. The highest BCUT2D eigenvalue weighted by atomic mass is 32.2. The van der Waals surface area contributed by atoms with E-state index in [1.165, 1.54) is 37.4 Å². The first-order valence-electron chi connectivity index (χ1n) is 8.22. The Kier molecular flexibility index (Phi) is 5.36. The van der Waals surface area contributed by atoms with E-state index in [0.717, 1.165) is 43.8 Å². The quantitative estimate of drug-likeness (QED) is 0.784. The highest BCUT2D eigenvalue weighted by Gasteiger charge is 2.26. The summed E-state index contributed by atoms with van der Waals surface area (Å²) in [6, 6.07) is 0.767. The molecule has 7 heteroatoms. The van der Waals surface area contributed by atoms with Crippen LogP contribution in [0.15, 0.2) is 11.5 Å². The molecule has 0 radical (unpaired) electrons. The molecule has 0 spiro atoms. The summed E-state index contributed by atoms with van der Waals surface area (Å²) in [7, 11) is 1.90. The molecule has 3 rings (SSSR count). The van der Waals surface area contributed by atoms with Crippen molar-refractivity contribution in [1.82, 2.24) is 24.6 Å². The van der Waals surface area contributed by atoms with Crippen molar-refractivity contribution in [1.29, 1.82) is 0 Å². The van der Waals surface area contributed by atoms with E-state index in [1.54, 1.807) is 6.33 Å². The van der Waals surface area contributed by atoms with E-state index in [2.05, 4.69) is 15.1 Å². The Labute approximate surface area is 136 Å². The van der Waals surface area contributed by atoms with Gasteiger partial charge >= 0.3 is 0 Å². The molecular formula is C15H25N5OS. The fourth-order valence-corrected chi connectivity index (χ4v) is 4.23. The molecule has 1 amide bonds. The number of thioether (sulfide) groups is 1. The van der Waals surface area contributed by atoms with Crippen molar-refractivity contribution in [2.24, 2.45) is 7.05 Å². The fourth-order valence-electron chi connectivity index (χ4n) is 3.44. The molecule has 0 N–H and O–H groups in total. The second kappa shape index (κ2) is 7.46. The monoisotopic (exact) mass is 323 g/mol. The number of carbonyl (C=O) groups is 1. The van der Waals surface area contributed by atoms with Crippen molar-refractivity contribution in [2.75, 3.05) is 31.9 Å². The number of rotatable bonds is 4. The van der Waals surface area contributed by atoms with E-state index < -0.39 is 0 Å². The molecule has 1 aromatic heterocycles. The third kappa shape index (κ3) is 3.81. The molecule has 122 valence electrons. The minimum absolute atomic E-state index is 0.223. The van der Waals surface area contributed by atoms with Crippen molar-refractivity contribution in [3.63, 3.8) is 0 Å². The van der Waals surface area contributed by atoms with Crippen molar-refractivity contribution < 1.29 is 4.79 Å². The third-order valence-electron chi connectivity index (χ3n) is 4.72. The van der Waals surface area contributed by atoms with Gasteiger partial charge in [0.25, 0.3) is 0 Å². The smallest absolute Gasteiger partial charge is 0.233 e. The summed E-state index contributed by atoms with van der Waals surface area (Å²) in [4.78, 5) is 17.0. The molecule has 1 aliphatic carbocycles. The van der Waals surface area contributed by atoms with E-state index >= 15 is 0 Å². The minimum atomic E-state index is 0.223. The van der Waals surface area contributed by atoms with Crippen LogP contribution < -0.4 is 0 Å². The maximum absolute atomic E-state index is 12.4. The van der Waals surface area contributed by atoms with E-state index in [1.807, 2.05) is 16.5 Å². The largest absolute Gasteiger partial charge is 0.341 e. The summed E-state index contributed by atoms with van der Waals surface area (Å²) in [5.74, 6) is 0.678. The van der Waals surface area contributed by atoms with Crippen LogP contribution in [0.4, 0.5) is 0 Å². The Morgan fingerprint density at radius 3 is 2.77 bits per heavy atom. The lowest BCUT2D eigenvalue weighted by Gasteiger charge is -2.27. The first-order chi connectivity index (χ1) is 10.7. The van der Waals surface area contributed by atoms with Crippen LogP contribution in [0.25, 0.3) is 0 Å². The second-order valence-corrected chi connectivity index (χ2v) is 7.16. The van der Waals surface area contributed by atoms with Crippen LogP contribution in [0.1, 0.15) is 32.1 Å². The van der Waals surface area contributed by atoms with Gasteiger partial charge in [0.2, 0.25) is 5.91 Å². The van der Waals surface area contributed by atoms with Gasteiger partial charge in [-0.2, -0.15) is 0 Å².